The fourth-order valence-electron chi connectivity index (χ4n) is 3.24. The number of carbonyl (C=O) groups is 1. The molecular weight excluding hydrogens is 228 g/mol. The van der Waals surface area contributed by atoms with E-state index in [4.69, 9.17) is 0 Å². The molecule has 1 saturated carbocycles. The first-order valence-electron chi connectivity index (χ1n) is 7.37. The molecule has 1 heterocycles. The number of nitrogens with zero attached hydrogens (tertiary/aromatic N) is 1. The van der Waals surface area contributed by atoms with E-state index in [1.807, 2.05) is 4.90 Å². The molecule has 0 aromatic heterocycles. The van der Waals surface area contributed by atoms with Crippen LogP contribution < -0.4 is 5.32 Å². The van der Waals surface area contributed by atoms with Gasteiger partial charge in [-0.25, -0.2) is 4.79 Å². The van der Waals surface area contributed by atoms with E-state index in [0.717, 1.165) is 38.8 Å². The number of aliphatic hydroxyl groups excluding tert-OH is 1. The highest BCUT2D eigenvalue weighted by Gasteiger charge is 2.28. The Morgan fingerprint density at radius 3 is 2.78 bits per heavy atom. The average molecular weight is 254 g/mol. The van der Waals surface area contributed by atoms with Crippen molar-refractivity contribution in [1.82, 2.24) is 10.2 Å². The number of hydrogen-bond donors (Lipinski definition) is 2. The molecule has 0 aromatic carbocycles. The van der Waals surface area contributed by atoms with Gasteiger partial charge in [0.1, 0.15) is 0 Å². The van der Waals surface area contributed by atoms with Crippen LogP contribution in [-0.2, 0) is 0 Å². The minimum atomic E-state index is 0.0758. The third-order valence-corrected chi connectivity index (χ3v) is 4.40. The molecule has 18 heavy (non-hydrogen) atoms. The van der Waals surface area contributed by atoms with Crippen molar-refractivity contribution in [1.29, 1.82) is 0 Å². The highest BCUT2D eigenvalue weighted by atomic mass is 16.3. The van der Waals surface area contributed by atoms with E-state index in [1.54, 1.807) is 0 Å². The number of piperidine rings is 1. The van der Waals surface area contributed by atoms with E-state index in [2.05, 4.69) is 12.2 Å². The lowest BCUT2D eigenvalue weighted by atomic mass is 9.85. The Morgan fingerprint density at radius 1 is 1.28 bits per heavy atom. The second kappa shape index (κ2) is 6.41. The normalized spacial score (nSPS) is 33.2. The molecule has 1 aliphatic heterocycles. The molecule has 1 aliphatic carbocycles. The molecule has 2 rings (SSSR count). The maximum atomic E-state index is 12.2. The van der Waals surface area contributed by atoms with Gasteiger partial charge in [-0.3, -0.25) is 0 Å². The summed E-state index contributed by atoms with van der Waals surface area (Å²) in [6.07, 6.45) is 6.74. The van der Waals surface area contributed by atoms with Crippen molar-refractivity contribution in [2.24, 2.45) is 11.8 Å². The zero-order chi connectivity index (χ0) is 13.0. The fourth-order valence-corrected chi connectivity index (χ4v) is 3.24. The van der Waals surface area contributed by atoms with Gasteiger partial charge in [-0.2, -0.15) is 0 Å². The van der Waals surface area contributed by atoms with Crippen molar-refractivity contribution < 1.29 is 9.90 Å². The van der Waals surface area contributed by atoms with Crippen molar-refractivity contribution in [3.63, 3.8) is 0 Å². The van der Waals surface area contributed by atoms with Crippen LogP contribution in [0.3, 0.4) is 0 Å². The molecule has 2 aliphatic rings. The van der Waals surface area contributed by atoms with E-state index in [1.165, 1.54) is 12.8 Å². The summed E-state index contributed by atoms with van der Waals surface area (Å²) in [7, 11) is 0. The van der Waals surface area contributed by atoms with E-state index in [9.17, 15) is 9.90 Å². The first-order chi connectivity index (χ1) is 8.70. The highest BCUT2D eigenvalue weighted by Crippen LogP contribution is 2.24. The van der Waals surface area contributed by atoms with Crippen molar-refractivity contribution in [2.75, 3.05) is 19.7 Å². The molecule has 3 unspecified atom stereocenters. The molecule has 3 atom stereocenters. The molecule has 2 amide bonds. The largest absolute Gasteiger partial charge is 0.396 e. The van der Waals surface area contributed by atoms with Gasteiger partial charge in [0.05, 0.1) is 0 Å². The van der Waals surface area contributed by atoms with Gasteiger partial charge >= 0.3 is 6.03 Å². The van der Waals surface area contributed by atoms with Crippen LogP contribution in [0.4, 0.5) is 4.79 Å². The predicted octanol–water partition coefficient (Wildman–Crippen LogP) is 1.98. The third-order valence-electron chi connectivity index (χ3n) is 4.40. The highest BCUT2D eigenvalue weighted by molar-refractivity contribution is 5.74. The van der Waals surface area contributed by atoms with Crippen LogP contribution in [0.1, 0.15) is 45.4 Å². The van der Waals surface area contributed by atoms with Crippen LogP contribution >= 0.6 is 0 Å². The molecule has 2 fully saturated rings. The lowest BCUT2D eigenvalue weighted by molar-refractivity contribution is 0.134. The summed E-state index contributed by atoms with van der Waals surface area (Å²) in [5.41, 5.74) is 0. The Kier molecular flexibility index (Phi) is 4.87. The molecule has 0 radical (unpaired) electrons. The zero-order valence-electron chi connectivity index (χ0n) is 11.4. The number of amides is 2. The van der Waals surface area contributed by atoms with Crippen LogP contribution in [0.2, 0.25) is 0 Å². The minimum Gasteiger partial charge on any atom is -0.396 e. The monoisotopic (exact) mass is 254 g/mol. The van der Waals surface area contributed by atoms with Crippen LogP contribution in [0.15, 0.2) is 0 Å². The predicted molar refractivity (Wildman–Crippen MR) is 71.3 cm³/mol. The van der Waals surface area contributed by atoms with Gasteiger partial charge in [0.25, 0.3) is 0 Å². The van der Waals surface area contributed by atoms with E-state index < -0.39 is 0 Å². The number of nitrogens with one attached hydrogen (secondary N) is 1. The standard InChI is InChI=1S/C14H26N2O2/c1-11-5-4-8-16(9-11)14(18)15-13-7-3-2-6-12(13)10-17/h11-13,17H,2-10H2,1H3,(H,15,18). The van der Waals surface area contributed by atoms with Gasteiger partial charge in [0.2, 0.25) is 0 Å². The lowest BCUT2D eigenvalue weighted by Gasteiger charge is -2.35. The topological polar surface area (TPSA) is 52.6 Å². The van der Waals surface area contributed by atoms with Crippen molar-refractivity contribution in [3.05, 3.63) is 0 Å². The Morgan fingerprint density at radius 2 is 2.06 bits per heavy atom. The summed E-state index contributed by atoms with van der Waals surface area (Å²) in [4.78, 5) is 14.1. The van der Waals surface area contributed by atoms with Crippen LogP contribution in [0.25, 0.3) is 0 Å². The molecule has 1 saturated heterocycles. The molecular formula is C14H26N2O2. The van der Waals surface area contributed by atoms with Gasteiger partial charge in [-0.05, 0) is 31.6 Å². The first-order valence-corrected chi connectivity index (χ1v) is 7.37. The summed E-state index contributed by atoms with van der Waals surface area (Å²) >= 11 is 0. The average Bonchev–Trinajstić information content (AvgIpc) is 2.39. The minimum absolute atomic E-state index is 0.0758. The van der Waals surface area contributed by atoms with E-state index in [-0.39, 0.29) is 24.6 Å². The van der Waals surface area contributed by atoms with Gasteiger partial charge in [0, 0.05) is 31.7 Å². The zero-order valence-corrected chi connectivity index (χ0v) is 11.4. The third kappa shape index (κ3) is 3.37. The number of likely N-dealkylation sites (tertiary alicyclic amines) is 1. The van der Waals surface area contributed by atoms with Gasteiger partial charge < -0.3 is 15.3 Å². The Balaban J connectivity index is 1.85. The quantitative estimate of drug-likeness (QED) is 0.791. The SMILES string of the molecule is CC1CCCN(C(=O)NC2CCCCC2CO)C1. The van der Waals surface area contributed by atoms with E-state index in [0.29, 0.717) is 5.92 Å². The lowest BCUT2D eigenvalue weighted by Crippen LogP contribution is -2.51. The number of aliphatic hydroxyl groups is 1. The summed E-state index contributed by atoms with van der Waals surface area (Å²) in [5, 5.41) is 12.5. The summed E-state index contributed by atoms with van der Waals surface area (Å²) in [6, 6.07) is 0.250. The molecule has 0 spiro atoms. The van der Waals surface area contributed by atoms with Crippen molar-refractivity contribution in [2.45, 2.75) is 51.5 Å². The Bertz CT molecular complexity index is 283. The second-order valence-electron chi connectivity index (χ2n) is 5.98. The molecule has 4 nitrogen and oxygen atoms in total. The Labute approximate surface area is 110 Å². The fraction of sp³-hybridized carbons (Fsp3) is 0.929. The number of hydrogen-bond acceptors (Lipinski definition) is 2. The van der Waals surface area contributed by atoms with Crippen LogP contribution in [-0.4, -0.2) is 41.8 Å². The van der Waals surface area contributed by atoms with Gasteiger partial charge in [-0.1, -0.05) is 19.8 Å². The molecule has 4 heteroatoms. The smallest absolute Gasteiger partial charge is 0.317 e. The first kappa shape index (κ1) is 13.7. The second-order valence-corrected chi connectivity index (χ2v) is 5.98. The van der Waals surface area contributed by atoms with Crippen LogP contribution in [0.5, 0.6) is 0 Å². The molecule has 104 valence electrons. The molecule has 0 bridgehead atoms. The summed E-state index contributed by atoms with van der Waals surface area (Å²) in [6.45, 7) is 4.16. The molecule has 2 N–H and O–H groups in total. The maximum absolute atomic E-state index is 12.2. The maximum Gasteiger partial charge on any atom is 0.317 e. The number of carbonyl (C=O) groups excluding carboxylic acids is 1. The number of urea groups is 1. The van der Waals surface area contributed by atoms with Crippen molar-refractivity contribution >= 4 is 6.03 Å². The molecule has 0 aromatic rings. The summed E-state index contributed by atoms with van der Waals surface area (Å²) in [5.74, 6) is 0.870. The van der Waals surface area contributed by atoms with Crippen LogP contribution in [0, 0.1) is 11.8 Å². The van der Waals surface area contributed by atoms with Crippen molar-refractivity contribution in [3.8, 4) is 0 Å². The summed E-state index contributed by atoms with van der Waals surface area (Å²) < 4.78 is 0. The number of rotatable bonds is 2. The van der Waals surface area contributed by atoms with Gasteiger partial charge in [0.15, 0.2) is 0 Å². The van der Waals surface area contributed by atoms with Gasteiger partial charge in [-0.15, -0.1) is 0 Å². The Hall–Kier alpha value is -0.770. The van der Waals surface area contributed by atoms with E-state index >= 15 is 0 Å².